The maximum Gasteiger partial charge on any atom is 0.330 e. The minimum atomic E-state index is -1.15. The van der Waals surface area contributed by atoms with Crippen LogP contribution in [0.3, 0.4) is 0 Å². The van der Waals surface area contributed by atoms with E-state index in [1.165, 1.54) is 0 Å². The number of amides is 1. The average molecular weight is 322 g/mol. The molecule has 22 heavy (non-hydrogen) atoms. The Labute approximate surface area is 132 Å². The summed E-state index contributed by atoms with van der Waals surface area (Å²) in [6.45, 7) is 3.47. The molecule has 0 bridgehead atoms. The quantitative estimate of drug-likeness (QED) is 0.904. The van der Waals surface area contributed by atoms with Crippen LogP contribution in [-0.2, 0) is 11.8 Å². The molecule has 1 amide bonds. The number of aliphatic carboxylic acids is 1. The second kappa shape index (κ2) is 6.19. The van der Waals surface area contributed by atoms with Gasteiger partial charge in [-0.2, -0.15) is 5.10 Å². The van der Waals surface area contributed by atoms with Crippen molar-refractivity contribution in [2.24, 2.45) is 7.05 Å². The van der Waals surface area contributed by atoms with Crippen molar-refractivity contribution in [1.82, 2.24) is 15.1 Å². The first kappa shape index (κ1) is 16.0. The molecular weight excluding hydrogens is 306 g/mol. The van der Waals surface area contributed by atoms with E-state index >= 15 is 0 Å². The Morgan fingerprint density at radius 2 is 1.86 bits per heavy atom. The van der Waals surface area contributed by atoms with Crippen molar-refractivity contribution in [3.05, 3.63) is 51.8 Å². The van der Waals surface area contributed by atoms with Gasteiger partial charge in [0.25, 0.3) is 5.91 Å². The van der Waals surface area contributed by atoms with Gasteiger partial charge in [0.15, 0.2) is 6.04 Å². The lowest BCUT2D eigenvalue weighted by Gasteiger charge is -2.15. The molecule has 0 spiro atoms. The van der Waals surface area contributed by atoms with Crippen molar-refractivity contribution in [1.29, 1.82) is 0 Å². The number of halogens is 1. The molecule has 0 fully saturated rings. The van der Waals surface area contributed by atoms with Gasteiger partial charge in [-0.25, -0.2) is 4.79 Å². The second-order valence-electron chi connectivity index (χ2n) is 4.97. The van der Waals surface area contributed by atoms with Crippen LogP contribution in [0, 0.1) is 13.8 Å². The maximum absolute atomic E-state index is 12.4. The van der Waals surface area contributed by atoms with Gasteiger partial charge in [0, 0.05) is 17.8 Å². The molecule has 2 aromatic rings. The van der Waals surface area contributed by atoms with Gasteiger partial charge in [0.2, 0.25) is 0 Å². The number of carboxylic acid groups (broad SMARTS) is 1. The molecule has 7 heteroatoms. The molecule has 0 aliphatic heterocycles. The molecule has 1 aromatic carbocycles. The molecule has 0 aliphatic carbocycles. The van der Waals surface area contributed by atoms with E-state index in [0.29, 0.717) is 27.5 Å². The summed E-state index contributed by atoms with van der Waals surface area (Å²) >= 11 is 5.80. The number of hydrogen-bond acceptors (Lipinski definition) is 3. The topological polar surface area (TPSA) is 84.2 Å². The molecule has 0 saturated carbocycles. The van der Waals surface area contributed by atoms with Gasteiger partial charge in [0.05, 0.1) is 11.3 Å². The highest BCUT2D eigenvalue weighted by atomic mass is 35.5. The zero-order chi connectivity index (χ0) is 16.4. The van der Waals surface area contributed by atoms with Crippen molar-refractivity contribution in [3.63, 3.8) is 0 Å². The van der Waals surface area contributed by atoms with Crippen LogP contribution in [0.5, 0.6) is 0 Å². The number of carboxylic acids is 1. The number of rotatable bonds is 4. The molecule has 1 aromatic heterocycles. The van der Waals surface area contributed by atoms with Crippen LogP contribution in [0.15, 0.2) is 24.3 Å². The van der Waals surface area contributed by atoms with E-state index in [1.54, 1.807) is 49.8 Å². The summed E-state index contributed by atoms with van der Waals surface area (Å²) in [7, 11) is 1.73. The predicted molar refractivity (Wildman–Crippen MR) is 82.0 cm³/mol. The zero-order valence-electron chi connectivity index (χ0n) is 12.4. The Kier molecular flexibility index (Phi) is 4.51. The van der Waals surface area contributed by atoms with Crippen molar-refractivity contribution in [2.75, 3.05) is 0 Å². The Hall–Kier alpha value is -2.34. The summed E-state index contributed by atoms with van der Waals surface area (Å²) in [6, 6.07) is 5.16. The lowest BCUT2D eigenvalue weighted by atomic mass is 10.1. The van der Waals surface area contributed by atoms with Crippen LogP contribution in [-0.4, -0.2) is 26.8 Å². The molecule has 1 unspecified atom stereocenters. The fraction of sp³-hybridized carbons (Fsp3) is 0.267. The largest absolute Gasteiger partial charge is 0.479 e. The van der Waals surface area contributed by atoms with Crippen molar-refractivity contribution in [3.8, 4) is 0 Å². The van der Waals surface area contributed by atoms with Gasteiger partial charge < -0.3 is 10.4 Å². The number of nitrogens with one attached hydrogen (secondary N) is 1. The third kappa shape index (κ3) is 3.12. The van der Waals surface area contributed by atoms with Crippen LogP contribution in [0.4, 0.5) is 0 Å². The van der Waals surface area contributed by atoms with Crippen LogP contribution in [0.25, 0.3) is 0 Å². The highest BCUT2D eigenvalue weighted by Crippen LogP contribution is 2.19. The van der Waals surface area contributed by atoms with E-state index < -0.39 is 17.9 Å². The number of aromatic nitrogens is 2. The average Bonchev–Trinajstić information content (AvgIpc) is 2.70. The summed E-state index contributed by atoms with van der Waals surface area (Å²) in [5.74, 6) is -1.61. The summed E-state index contributed by atoms with van der Waals surface area (Å²) in [5, 5.41) is 16.6. The van der Waals surface area contributed by atoms with E-state index in [4.69, 9.17) is 11.6 Å². The molecule has 2 rings (SSSR count). The van der Waals surface area contributed by atoms with E-state index in [0.717, 1.165) is 0 Å². The fourth-order valence-electron chi connectivity index (χ4n) is 2.25. The van der Waals surface area contributed by atoms with Gasteiger partial charge in [-0.05, 0) is 31.5 Å². The van der Waals surface area contributed by atoms with Gasteiger partial charge >= 0.3 is 5.97 Å². The van der Waals surface area contributed by atoms with Crippen LogP contribution >= 0.6 is 11.6 Å². The van der Waals surface area contributed by atoms with E-state index in [9.17, 15) is 14.7 Å². The summed E-state index contributed by atoms with van der Waals surface area (Å²) in [4.78, 5) is 23.9. The lowest BCUT2D eigenvalue weighted by Crippen LogP contribution is -2.34. The highest BCUT2D eigenvalue weighted by molar-refractivity contribution is 6.30. The first-order valence-corrected chi connectivity index (χ1v) is 6.98. The Morgan fingerprint density at radius 1 is 1.27 bits per heavy atom. The third-order valence-electron chi connectivity index (χ3n) is 3.46. The van der Waals surface area contributed by atoms with Gasteiger partial charge in [-0.3, -0.25) is 9.48 Å². The normalized spacial score (nSPS) is 12.0. The van der Waals surface area contributed by atoms with Crippen LogP contribution in [0.1, 0.15) is 33.4 Å². The van der Waals surface area contributed by atoms with E-state index in [2.05, 4.69) is 10.4 Å². The van der Waals surface area contributed by atoms with Gasteiger partial charge in [-0.1, -0.05) is 23.7 Å². The van der Waals surface area contributed by atoms with Crippen LogP contribution < -0.4 is 5.32 Å². The molecule has 0 saturated heterocycles. The first-order chi connectivity index (χ1) is 10.3. The lowest BCUT2D eigenvalue weighted by molar-refractivity contribution is -0.139. The second-order valence-corrected chi connectivity index (χ2v) is 5.40. The van der Waals surface area contributed by atoms with Gasteiger partial charge in [-0.15, -0.1) is 0 Å². The monoisotopic (exact) mass is 321 g/mol. The molecule has 1 atom stereocenters. The standard InChI is InChI=1S/C15H16ClN3O3/c1-8-12(9(2)19(3)18-8)14(20)17-13(15(21)22)10-4-6-11(16)7-5-10/h4-7,13H,1-3H3,(H,17,20)(H,21,22). The number of benzene rings is 1. The van der Waals surface area contributed by atoms with Crippen molar-refractivity contribution >= 4 is 23.5 Å². The molecule has 0 radical (unpaired) electrons. The summed E-state index contributed by atoms with van der Waals surface area (Å²) in [6.07, 6.45) is 0. The SMILES string of the molecule is Cc1nn(C)c(C)c1C(=O)NC(C(=O)O)c1ccc(Cl)cc1. The van der Waals surface area contributed by atoms with Crippen molar-refractivity contribution in [2.45, 2.75) is 19.9 Å². The Morgan fingerprint density at radius 3 is 2.32 bits per heavy atom. The predicted octanol–water partition coefficient (Wildman–Crippen LogP) is 2.25. The number of hydrogen-bond donors (Lipinski definition) is 2. The third-order valence-corrected chi connectivity index (χ3v) is 3.71. The summed E-state index contributed by atoms with van der Waals surface area (Å²) < 4.78 is 1.59. The number of aryl methyl sites for hydroxylation is 2. The molecule has 2 N–H and O–H groups in total. The molecule has 116 valence electrons. The number of nitrogens with zero attached hydrogens (tertiary/aromatic N) is 2. The summed E-state index contributed by atoms with van der Waals surface area (Å²) in [5.41, 5.74) is 2.07. The minimum Gasteiger partial charge on any atom is -0.479 e. The fourth-order valence-corrected chi connectivity index (χ4v) is 2.37. The molecule has 0 aliphatic rings. The Balaban J connectivity index is 2.30. The van der Waals surface area contributed by atoms with E-state index in [-0.39, 0.29) is 0 Å². The molecule has 6 nitrogen and oxygen atoms in total. The first-order valence-electron chi connectivity index (χ1n) is 6.60. The maximum atomic E-state index is 12.4. The van der Waals surface area contributed by atoms with E-state index in [1.807, 2.05) is 0 Å². The Bertz CT molecular complexity index is 722. The molecule has 1 heterocycles. The molecular formula is C15H16ClN3O3. The number of carbonyl (C=O) groups is 2. The smallest absolute Gasteiger partial charge is 0.330 e. The van der Waals surface area contributed by atoms with Crippen molar-refractivity contribution < 1.29 is 14.7 Å². The van der Waals surface area contributed by atoms with Gasteiger partial charge in [0.1, 0.15) is 0 Å². The zero-order valence-corrected chi connectivity index (χ0v) is 13.2. The number of carbonyl (C=O) groups excluding carboxylic acids is 1. The minimum absolute atomic E-state index is 0.391. The van der Waals surface area contributed by atoms with Crippen LogP contribution in [0.2, 0.25) is 5.02 Å². The highest BCUT2D eigenvalue weighted by Gasteiger charge is 2.25.